The van der Waals surface area contributed by atoms with E-state index in [4.69, 9.17) is 11.6 Å². The molecule has 0 aliphatic carbocycles. The number of aromatic nitrogens is 2. The molecule has 29 heavy (non-hydrogen) atoms. The number of hydrogen-bond acceptors (Lipinski definition) is 6. The van der Waals surface area contributed by atoms with Crippen molar-refractivity contribution in [3.05, 3.63) is 63.7 Å². The van der Waals surface area contributed by atoms with E-state index < -0.39 is 17.7 Å². The summed E-state index contributed by atoms with van der Waals surface area (Å²) in [5, 5.41) is 11.6. The number of amides is 1. The van der Waals surface area contributed by atoms with E-state index in [2.05, 4.69) is 9.97 Å². The molecule has 0 saturated carbocycles. The Kier molecular flexibility index (Phi) is 6.00. The first-order valence-electron chi connectivity index (χ1n) is 9.20. The molecule has 1 aliphatic heterocycles. The molecular formula is C21H23ClN4O3. The van der Waals surface area contributed by atoms with Gasteiger partial charge in [0.15, 0.2) is 0 Å². The summed E-state index contributed by atoms with van der Waals surface area (Å²) in [4.78, 5) is 37.5. The van der Waals surface area contributed by atoms with Gasteiger partial charge in [0.05, 0.1) is 22.9 Å². The van der Waals surface area contributed by atoms with Crippen molar-refractivity contribution in [1.29, 1.82) is 0 Å². The van der Waals surface area contributed by atoms with Gasteiger partial charge in [0.1, 0.15) is 11.6 Å². The van der Waals surface area contributed by atoms with Crippen LogP contribution >= 0.6 is 11.6 Å². The number of likely N-dealkylation sites (tertiary alicyclic amines) is 1. The van der Waals surface area contributed by atoms with Gasteiger partial charge in [0.25, 0.3) is 11.7 Å². The van der Waals surface area contributed by atoms with Crippen molar-refractivity contribution in [1.82, 2.24) is 19.8 Å². The average molecular weight is 415 g/mol. The minimum atomic E-state index is -0.721. The van der Waals surface area contributed by atoms with Crippen molar-refractivity contribution in [3.8, 4) is 0 Å². The van der Waals surface area contributed by atoms with E-state index >= 15 is 0 Å². The van der Waals surface area contributed by atoms with Gasteiger partial charge in [-0.3, -0.25) is 9.59 Å². The van der Waals surface area contributed by atoms with Crippen LogP contribution in [0.25, 0.3) is 5.76 Å². The highest BCUT2D eigenvalue weighted by Gasteiger charge is 2.46. The Morgan fingerprint density at radius 3 is 2.45 bits per heavy atom. The third-order valence-corrected chi connectivity index (χ3v) is 5.12. The van der Waals surface area contributed by atoms with Crippen molar-refractivity contribution in [2.24, 2.45) is 0 Å². The van der Waals surface area contributed by atoms with E-state index in [9.17, 15) is 14.7 Å². The van der Waals surface area contributed by atoms with Crippen LogP contribution in [0.5, 0.6) is 0 Å². The minimum Gasteiger partial charge on any atom is -0.507 e. The van der Waals surface area contributed by atoms with Crippen LogP contribution in [0.2, 0.25) is 5.02 Å². The van der Waals surface area contributed by atoms with Gasteiger partial charge in [-0.25, -0.2) is 9.97 Å². The van der Waals surface area contributed by atoms with E-state index in [0.29, 0.717) is 40.8 Å². The van der Waals surface area contributed by atoms with Crippen LogP contribution in [0.1, 0.15) is 28.7 Å². The predicted molar refractivity (Wildman–Crippen MR) is 111 cm³/mol. The maximum Gasteiger partial charge on any atom is 0.295 e. The Labute approximate surface area is 174 Å². The molecule has 1 unspecified atom stereocenters. The van der Waals surface area contributed by atoms with Crippen LogP contribution < -0.4 is 0 Å². The second-order valence-electron chi connectivity index (χ2n) is 7.26. The molecule has 2 heterocycles. The van der Waals surface area contributed by atoms with Gasteiger partial charge >= 0.3 is 0 Å². The number of carbonyl (C=O) groups excluding carboxylic acids is 2. The maximum absolute atomic E-state index is 12.9. The number of aryl methyl sites for hydroxylation is 2. The Bertz CT molecular complexity index is 986. The number of carbonyl (C=O) groups is 2. The van der Waals surface area contributed by atoms with Gasteiger partial charge in [0.2, 0.25) is 0 Å². The van der Waals surface area contributed by atoms with E-state index in [-0.39, 0.29) is 11.3 Å². The van der Waals surface area contributed by atoms with Crippen molar-refractivity contribution >= 4 is 29.1 Å². The summed E-state index contributed by atoms with van der Waals surface area (Å²) < 4.78 is 0. The summed E-state index contributed by atoms with van der Waals surface area (Å²) in [6.07, 6.45) is 1.47. The topological polar surface area (TPSA) is 86.6 Å². The second-order valence-corrected chi connectivity index (χ2v) is 7.70. The number of rotatable bonds is 5. The molecule has 1 N–H and O–H groups in total. The molecule has 2 aromatic rings. The largest absolute Gasteiger partial charge is 0.507 e. The first-order chi connectivity index (χ1) is 13.7. The first kappa shape index (κ1) is 21.0. The Hall–Kier alpha value is -2.77. The van der Waals surface area contributed by atoms with Crippen molar-refractivity contribution in [2.75, 3.05) is 27.2 Å². The van der Waals surface area contributed by atoms with Crippen LogP contribution in [-0.2, 0) is 9.59 Å². The maximum atomic E-state index is 12.9. The summed E-state index contributed by atoms with van der Waals surface area (Å²) in [7, 11) is 3.78. The van der Waals surface area contributed by atoms with Crippen molar-refractivity contribution < 1.29 is 14.7 Å². The first-order valence-corrected chi connectivity index (χ1v) is 9.57. The number of benzene rings is 1. The highest BCUT2D eigenvalue weighted by atomic mass is 35.5. The molecule has 0 bridgehead atoms. The fourth-order valence-corrected chi connectivity index (χ4v) is 3.50. The number of aliphatic hydroxyl groups excluding tert-OH is 1. The molecule has 1 fully saturated rings. The molecule has 0 radical (unpaired) electrons. The number of nitrogens with zero attached hydrogens (tertiary/aromatic N) is 4. The number of halogens is 1. The average Bonchev–Trinajstić information content (AvgIpc) is 2.91. The quantitative estimate of drug-likeness (QED) is 0.460. The summed E-state index contributed by atoms with van der Waals surface area (Å²) in [6, 6.07) is 6.19. The molecule has 0 spiro atoms. The molecular weight excluding hydrogens is 392 g/mol. The van der Waals surface area contributed by atoms with Gasteiger partial charge < -0.3 is 14.9 Å². The highest BCUT2D eigenvalue weighted by Crippen LogP contribution is 2.39. The fraction of sp³-hybridized carbons (Fsp3) is 0.333. The monoisotopic (exact) mass is 414 g/mol. The van der Waals surface area contributed by atoms with Crippen molar-refractivity contribution in [2.45, 2.75) is 19.9 Å². The van der Waals surface area contributed by atoms with Crippen LogP contribution in [0.3, 0.4) is 0 Å². The van der Waals surface area contributed by atoms with E-state index in [0.717, 1.165) is 0 Å². The number of aliphatic hydroxyl groups is 1. The summed E-state index contributed by atoms with van der Waals surface area (Å²) >= 11 is 6.01. The Balaban J connectivity index is 2.17. The van der Waals surface area contributed by atoms with Gasteiger partial charge in [-0.05, 0) is 45.6 Å². The molecule has 1 amide bonds. The lowest BCUT2D eigenvalue weighted by Gasteiger charge is -2.26. The third kappa shape index (κ3) is 4.16. The Morgan fingerprint density at radius 2 is 1.86 bits per heavy atom. The number of likely N-dealkylation sites (N-methyl/N-ethyl adjacent to an activating group) is 1. The smallest absolute Gasteiger partial charge is 0.295 e. The van der Waals surface area contributed by atoms with E-state index in [1.807, 2.05) is 19.0 Å². The normalized spacial score (nSPS) is 18.7. The fourth-order valence-electron chi connectivity index (χ4n) is 3.37. The molecule has 1 aromatic carbocycles. The third-order valence-electron chi connectivity index (χ3n) is 4.87. The zero-order chi connectivity index (χ0) is 21.3. The molecule has 1 saturated heterocycles. The molecule has 152 valence electrons. The summed E-state index contributed by atoms with van der Waals surface area (Å²) in [5.41, 5.74) is 1.59. The van der Waals surface area contributed by atoms with E-state index in [1.165, 1.54) is 11.1 Å². The molecule has 1 aromatic heterocycles. The van der Waals surface area contributed by atoms with Gasteiger partial charge in [-0.1, -0.05) is 23.7 Å². The second kappa shape index (κ2) is 8.31. The van der Waals surface area contributed by atoms with Crippen LogP contribution in [0.4, 0.5) is 0 Å². The molecule has 3 rings (SSSR count). The Morgan fingerprint density at radius 1 is 1.21 bits per heavy atom. The molecule has 8 heteroatoms. The minimum absolute atomic E-state index is 0.0339. The summed E-state index contributed by atoms with van der Waals surface area (Å²) in [6.45, 7) is 4.38. The van der Waals surface area contributed by atoms with Gasteiger partial charge in [-0.2, -0.15) is 0 Å². The van der Waals surface area contributed by atoms with Crippen LogP contribution in [-0.4, -0.2) is 63.7 Å². The SMILES string of the molecule is Cc1ncc(/C(O)=C2\C(=O)C(=O)N(CCN(C)C)C2c2ccc(Cl)cc2)c(C)n1. The van der Waals surface area contributed by atoms with E-state index in [1.54, 1.807) is 38.1 Å². The number of hydrogen-bond donors (Lipinski definition) is 1. The molecule has 1 aliphatic rings. The number of ketones is 1. The highest BCUT2D eigenvalue weighted by molar-refractivity contribution is 6.46. The lowest BCUT2D eigenvalue weighted by atomic mass is 9.95. The predicted octanol–water partition coefficient (Wildman–Crippen LogP) is 2.73. The lowest BCUT2D eigenvalue weighted by molar-refractivity contribution is -0.140. The van der Waals surface area contributed by atoms with Gasteiger partial charge in [0, 0.05) is 24.3 Å². The van der Waals surface area contributed by atoms with Crippen molar-refractivity contribution in [3.63, 3.8) is 0 Å². The standard InChI is InChI=1S/C21H23ClN4O3/c1-12-16(11-23-13(2)24-12)19(27)17-18(14-5-7-15(22)8-6-14)26(10-9-25(3)4)21(29)20(17)28/h5-8,11,18,27H,9-10H2,1-4H3/b19-17+. The summed E-state index contributed by atoms with van der Waals surface area (Å²) in [5.74, 6) is -1.08. The number of Topliss-reactive ketones (excluding diaryl/α,β-unsaturated/α-hetero) is 1. The zero-order valence-corrected chi connectivity index (χ0v) is 17.6. The lowest BCUT2D eigenvalue weighted by Crippen LogP contribution is -2.35. The van der Waals surface area contributed by atoms with Crippen LogP contribution in [0, 0.1) is 13.8 Å². The molecule has 1 atom stereocenters. The van der Waals surface area contributed by atoms with Gasteiger partial charge in [-0.15, -0.1) is 0 Å². The van der Waals surface area contributed by atoms with Crippen LogP contribution in [0.15, 0.2) is 36.0 Å². The molecule has 7 nitrogen and oxygen atoms in total. The zero-order valence-electron chi connectivity index (χ0n) is 16.8.